The number of nitrogens with one attached hydrogen (secondary N) is 1. The molecule has 4 N–H and O–H groups in total. The van der Waals surface area contributed by atoms with Crippen LogP contribution in [0, 0.1) is 0 Å². The smallest absolute Gasteiger partial charge is 0.303 e. The van der Waals surface area contributed by atoms with Crippen molar-refractivity contribution < 1.29 is 34.4 Å². The number of hydrogen-bond acceptors (Lipinski definition) is 6. The van der Waals surface area contributed by atoms with Crippen LogP contribution in [-0.2, 0) is 14.4 Å². The van der Waals surface area contributed by atoms with Gasteiger partial charge in [-0.15, -0.1) is 0 Å². The average molecular weight is 396 g/mol. The fourth-order valence-corrected chi connectivity index (χ4v) is 2.51. The van der Waals surface area contributed by atoms with Crippen molar-refractivity contribution in [1.29, 1.82) is 0 Å². The quantitative estimate of drug-likeness (QED) is 0.331. The summed E-state index contributed by atoms with van der Waals surface area (Å²) < 4.78 is 5.42. The number of amides is 1. The molecular formula is C19H28N2O7. The number of ether oxygens (including phenoxy) is 1. The molecule has 1 rings (SSSR count). The topological polar surface area (TPSA) is 146 Å². The van der Waals surface area contributed by atoms with Crippen molar-refractivity contribution in [2.75, 3.05) is 11.9 Å². The summed E-state index contributed by atoms with van der Waals surface area (Å²) in [6, 6.07) is 1.32. The summed E-state index contributed by atoms with van der Waals surface area (Å²) in [6.45, 7) is 0.127. The van der Waals surface area contributed by atoms with Crippen LogP contribution in [0.4, 0.5) is 5.82 Å². The summed E-state index contributed by atoms with van der Waals surface area (Å²) in [4.78, 5) is 36.9. The van der Waals surface area contributed by atoms with Crippen LogP contribution in [0.15, 0.2) is 12.3 Å². The van der Waals surface area contributed by atoms with Crippen molar-refractivity contribution in [3.8, 4) is 11.5 Å². The van der Waals surface area contributed by atoms with E-state index < -0.39 is 11.9 Å². The first-order valence-corrected chi connectivity index (χ1v) is 9.43. The van der Waals surface area contributed by atoms with Gasteiger partial charge < -0.3 is 25.4 Å². The zero-order valence-electron chi connectivity index (χ0n) is 15.9. The Morgan fingerprint density at radius 1 is 0.893 bits per heavy atom. The predicted octanol–water partition coefficient (Wildman–Crippen LogP) is 3.17. The van der Waals surface area contributed by atoms with Crippen LogP contribution in [0.2, 0.25) is 0 Å². The maximum absolute atomic E-state index is 12.1. The van der Waals surface area contributed by atoms with Crippen LogP contribution < -0.4 is 10.1 Å². The molecule has 0 saturated carbocycles. The molecule has 28 heavy (non-hydrogen) atoms. The molecule has 156 valence electrons. The molecule has 0 aliphatic carbocycles. The highest BCUT2D eigenvalue weighted by Gasteiger charge is 2.11. The summed E-state index contributed by atoms with van der Waals surface area (Å²) in [5.74, 6) is -1.66. The van der Waals surface area contributed by atoms with Crippen LogP contribution in [-0.4, -0.2) is 44.8 Å². The first-order chi connectivity index (χ1) is 13.4. The number of unbranched alkanes of at least 4 members (excludes halogenated alkanes) is 5. The molecule has 0 spiro atoms. The number of carbonyl (C=O) groups excluding carboxylic acids is 1. The molecular weight excluding hydrogens is 368 g/mol. The van der Waals surface area contributed by atoms with Gasteiger partial charge in [0.05, 0.1) is 12.8 Å². The Hall–Kier alpha value is -2.84. The van der Waals surface area contributed by atoms with Crippen LogP contribution in [0.25, 0.3) is 0 Å². The van der Waals surface area contributed by atoms with E-state index in [9.17, 15) is 19.5 Å². The molecule has 0 bridgehead atoms. The maximum Gasteiger partial charge on any atom is 0.303 e. The van der Waals surface area contributed by atoms with Gasteiger partial charge in [-0.3, -0.25) is 14.4 Å². The van der Waals surface area contributed by atoms with Gasteiger partial charge in [-0.1, -0.05) is 25.7 Å². The van der Waals surface area contributed by atoms with E-state index in [-0.39, 0.29) is 42.7 Å². The SMILES string of the molecule is O=C(O)CCCCCCCCC(=O)Nc1ncc(O)cc1OCCCC(=O)O. The van der Waals surface area contributed by atoms with Crippen molar-refractivity contribution in [1.82, 2.24) is 4.98 Å². The van der Waals surface area contributed by atoms with Crippen molar-refractivity contribution >= 4 is 23.7 Å². The Kier molecular flexibility index (Phi) is 11.1. The molecule has 0 radical (unpaired) electrons. The summed E-state index contributed by atoms with van der Waals surface area (Å²) >= 11 is 0. The number of aromatic nitrogens is 1. The Balaban J connectivity index is 2.30. The molecule has 0 fully saturated rings. The monoisotopic (exact) mass is 396 g/mol. The Bertz CT molecular complexity index is 649. The van der Waals surface area contributed by atoms with Gasteiger partial charge >= 0.3 is 11.9 Å². The number of hydrogen-bond donors (Lipinski definition) is 4. The average Bonchev–Trinajstić information content (AvgIpc) is 2.62. The zero-order valence-corrected chi connectivity index (χ0v) is 15.9. The molecule has 1 aromatic rings. The second-order valence-electron chi connectivity index (χ2n) is 6.45. The number of nitrogens with zero attached hydrogens (tertiary/aromatic N) is 1. The number of carboxylic acid groups (broad SMARTS) is 2. The standard InChI is InChI=1S/C19H28N2O7/c22-14-12-15(28-11-7-10-18(26)27)19(20-13-14)21-16(23)8-5-3-1-2-4-6-9-17(24)25/h12-13,22H,1-11H2,(H,24,25)(H,26,27)(H,20,21,23). The lowest BCUT2D eigenvalue weighted by atomic mass is 10.1. The second kappa shape index (κ2) is 13.3. The van der Waals surface area contributed by atoms with Crippen LogP contribution in [0.5, 0.6) is 11.5 Å². The Morgan fingerprint density at radius 3 is 2.11 bits per heavy atom. The van der Waals surface area contributed by atoms with Crippen LogP contribution in [0.3, 0.4) is 0 Å². The molecule has 0 aromatic carbocycles. The van der Waals surface area contributed by atoms with Crippen LogP contribution >= 0.6 is 0 Å². The first kappa shape index (κ1) is 23.2. The molecule has 0 aliphatic heterocycles. The molecule has 9 nitrogen and oxygen atoms in total. The molecule has 1 heterocycles. The summed E-state index contributed by atoms with van der Waals surface area (Å²) in [5, 5.41) is 29.4. The third kappa shape index (κ3) is 11.0. The Morgan fingerprint density at radius 2 is 1.46 bits per heavy atom. The molecule has 1 aromatic heterocycles. The number of rotatable bonds is 15. The van der Waals surface area contributed by atoms with Crippen molar-refractivity contribution in [3.05, 3.63) is 12.3 Å². The van der Waals surface area contributed by atoms with E-state index in [0.717, 1.165) is 25.7 Å². The van der Waals surface area contributed by atoms with Gasteiger partial charge in [-0.25, -0.2) is 4.98 Å². The third-order valence-electron chi connectivity index (χ3n) is 3.93. The molecule has 0 aliphatic rings. The largest absolute Gasteiger partial charge is 0.506 e. The van der Waals surface area contributed by atoms with Gasteiger partial charge in [0.25, 0.3) is 0 Å². The number of carboxylic acids is 2. The minimum Gasteiger partial charge on any atom is -0.506 e. The summed E-state index contributed by atoms with van der Waals surface area (Å²) in [5.41, 5.74) is 0. The highest BCUT2D eigenvalue weighted by Crippen LogP contribution is 2.26. The van der Waals surface area contributed by atoms with Gasteiger partial charge in [-0.2, -0.15) is 0 Å². The van der Waals surface area contributed by atoms with E-state index in [0.29, 0.717) is 25.7 Å². The fourth-order valence-electron chi connectivity index (χ4n) is 2.51. The van der Waals surface area contributed by atoms with Crippen molar-refractivity contribution in [3.63, 3.8) is 0 Å². The lowest BCUT2D eigenvalue weighted by Gasteiger charge is -2.11. The predicted molar refractivity (Wildman–Crippen MR) is 101 cm³/mol. The van der Waals surface area contributed by atoms with Crippen molar-refractivity contribution in [2.45, 2.75) is 64.2 Å². The summed E-state index contributed by atoms with van der Waals surface area (Å²) in [6.07, 6.45) is 6.99. The van der Waals surface area contributed by atoms with Gasteiger partial charge in [0.2, 0.25) is 5.91 Å². The minimum absolute atomic E-state index is 0.0375. The van der Waals surface area contributed by atoms with Crippen molar-refractivity contribution in [2.24, 2.45) is 0 Å². The third-order valence-corrected chi connectivity index (χ3v) is 3.93. The van der Waals surface area contributed by atoms with Gasteiger partial charge in [0, 0.05) is 25.3 Å². The van der Waals surface area contributed by atoms with Gasteiger partial charge in [-0.05, 0) is 19.3 Å². The molecule has 1 amide bonds. The number of pyridine rings is 1. The lowest BCUT2D eigenvalue weighted by molar-refractivity contribution is -0.138. The molecule has 0 unspecified atom stereocenters. The summed E-state index contributed by atoms with van der Waals surface area (Å²) in [7, 11) is 0. The van der Waals surface area contributed by atoms with E-state index in [4.69, 9.17) is 14.9 Å². The van der Waals surface area contributed by atoms with Gasteiger partial charge in [0.15, 0.2) is 11.6 Å². The molecule has 0 atom stereocenters. The van der Waals surface area contributed by atoms with E-state index in [1.54, 1.807) is 0 Å². The highest BCUT2D eigenvalue weighted by molar-refractivity contribution is 5.91. The first-order valence-electron chi connectivity index (χ1n) is 9.43. The Labute approximate surface area is 163 Å². The second-order valence-corrected chi connectivity index (χ2v) is 6.45. The highest BCUT2D eigenvalue weighted by atomic mass is 16.5. The number of aliphatic carboxylic acids is 2. The zero-order chi connectivity index (χ0) is 20.8. The minimum atomic E-state index is -0.923. The van der Waals surface area contributed by atoms with E-state index in [1.165, 1.54) is 12.3 Å². The number of aromatic hydroxyl groups is 1. The maximum atomic E-state index is 12.1. The molecule has 0 saturated heterocycles. The lowest BCUT2D eigenvalue weighted by Crippen LogP contribution is -2.14. The van der Waals surface area contributed by atoms with E-state index in [2.05, 4.69) is 10.3 Å². The van der Waals surface area contributed by atoms with Crippen LogP contribution in [0.1, 0.15) is 64.2 Å². The number of carbonyl (C=O) groups is 3. The van der Waals surface area contributed by atoms with Gasteiger partial charge in [0.1, 0.15) is 5.75 Å². The fraction of sp³-hybridized carbons (Fsp3) is 0.579. The normalized spacial score (nSPS) is 10.4. The van der Waals surface area contributed by atoms with E-state index >= 15 is 0 Å². The number of anilines is 1. The van der Waals surface area contributed by atoms with E-state index in [1.807, 2.05) is 0 Å². The molecule has 9 heteroatoms.